The second-order valence-corrected chi connectivity index (χ2v) is 8.46. The van der Waals surface area contributed by atoms with Gasteiger partial charge in [0.15, 0.2) is 11.5 Å². The van der Waals surface area contributed by atoms with E-state index in [1.807, 2.05) is 31.2 Å². The fourth-order valence-corrected chi connectivity index (χ4v) is 4.67. The molecule has 2 aliphatic heterocycles. The van der Waals surface area contributed by atoms with Gasteiger partial charge in [0.25, 0.3) is 0 Å². The van der Waals surface area contributed by atoms with Crippen molar-refractivity contribution in [3.63, 3.8) is 0 Å². The number of nitrogens with zero attached hydrogens (tertiary/aromatic N) is 1. The monoisotopic (exact) mass is 359 g/mol. The van der Waals surface area contributed by atoms with Gasteiger partial charge in [-0.2, -0.15) is 4.31 Å². The summed E-state index contributed by atoms with van der Waals surface area (Å²) in [4.78, 5) is 0.343. The van der Waals surface area contributed by atoms with E-state index in [0.29, 0.717) is 43.4 Å². The van der Waals surface area contributed by atoms with Crippen LogP contribution in [0.5, 0.6) is 11.5 Å². The molecule has 2 aromatic carbocycles. The molecule has 0 aliphatic carbocycles. The van der Waals surface area contributed by atoms with E-state index >= 15 is 0 Å². The third kappa shape index (κ3) is 3.12. The van der Waals surface area contributed by atoms with Gasteiger partial charge < -0.3 is 9.47 Å². The van der Waals surface area contributed by atoms with Crippen molar-refractivity contribution in [1.82, 2.24) is 4.31 Å². The molecule has 6 heteroatoms. The van der Waals surface area contributed by atoms with E-state index in [9.17, 15) is 8.42 Å². The highest BCUT2D eigenvalue weighted by molar-refractivity contribution is 7.89. The van der Waals surface area contributed by atoms with Crippen molar-refractivity contribution in [2.75, 3.05) is 19.8 Å². The second kappa shape index (κ2) is 6.35. The lowest BCUT2D eigenvalue weighted by Gasteiger charge is -2.29. The summed E-state index contributed by atoms with van der Waals surface area (Å²) in [6.07, 6.45) is 1.53. The first-order valence-electron chi connectivity index (χ1n) is 8.52. The Morgan fingerprint density at radius 2 is 1.60 bits per heavy atom. The van der Waals surface area contributed by atoms with E-state index in [1.54, 1.807) is 16.4 Å². The van der Waals surface area contributed by atoms with Gasteiger partial charge in [-0.3, -0.25) is 0 Å². The Kier molecular flexibility index (Phi) is 4.17. The van der Waals surface area contributed by atoms with Crippen LogP contribution < -0.4 is 9.47 Å². The highest BCUT2D eigenvalue weighted by atomic mass is 32.2. The standard InChI is InChI=1S/C19H21NO4S/c1-14-3-5-17(6-4-14)25(21,22)20-8-7-15-11-18-19(12-16(15)13-20)24-10-2-9-23-18/h3-6,11-12H,2,7-10,13H2,1H3. The summed E-state index contributed by atoms with van der Waals surface area (Å²) in [5.41, 5.74) is 3.17. The molecular weight excluding hydrogens is 338 g/mol. The first kappa shape index (κ1) is 16.4. The molecule has 0 radical (unpaired) electrons. The van der Waals surface area contributed by atoms with Gasteiger partial charge in [0.1, 0.15) is 0 Å². The van der Waals surface area contributed by atoms with Crippen LogP contribution in [0.4, 0.5) is 0 Å². The molecule has 2 aromatic rings. The van der Waals surface area contributed by atoms with Gasteiger partial charge in [-0.1, -0.05) is 17.7 Å². The summed E-state index contributed by atoms with van der Waals surface area (Å²) in [7, 11) is -3.49. The molecule has 0 atom stereocenters. The Labute approximate surface area is 148 Å². The molecule has 2 aliphatic rings. The topological polar surface area (TPSA) is 55.8 Å². The van der Waals surface area contributed by atoms with Gasteiger partial charge in [0.05, 0.1) is 18.1 Å². The van der Waals surface area contributed by atoms with Crippen molar-refractivity contribution in [3.05, 3.63) is 53.1 Å². The summed E-state index contributed by atoms with van der Waals surface area (Å²) in [5.74, 6) is 1.48. The molecule has 2 heterocycles. The molecule has 0 bridgehead atoms. The smallest absolute Gasteiger partial charge is 0.243 e. The predicted octanol–water partition coefficient (Wildman–Crippen LogP) is 2.90. The SMILES string of the molecule is Cc1ccc(S(=O)(=O)N2CCc3cc4c(cc3C2)OCCCO4)cc1. The lowest BCUT2D eigenvalue weighted by atomic mass is 10.0. The number of fused-ring (bicyclic) bond motifs is 2. The summed E-state index contributed by atoms with van der Waals surface area (Å²) in [5, 5.41) is 0. The number of hydrogen-bond acceptors (Lipinski definition) is 4. The minimum Gasteiger partial charge on any atom is -0.490 e. The van der Waals surface area contributed by atoms with Crippen LogP contribution in [0.2, 0.25) is 0 Å². The van der Waals surface area contributed by atoms with Crippen molar-refractivity contribution in [2.45, 2.75) is 31.2 Å². The van der Waals surface area contributed by atoms with Gasteiger partial charge in [-0.15, -0.1) is 0 Å². The summed E-state index contributed by atoms with van der Waals surface area (Å²) >= 11 is 0. The average molecular weight is 359 g/mol. The number of aryl methyl sites for hydroxylation is 1. The molecule has 0 fully saturated rings. The van der Waals surface area contributed by atoms with Crippen molar-refractivity contribution in [3.8, 4) is 11.5 Å². The van der Waals surface area contributed by atoms with Crippen molar-refractivity contribution in [2.24, 2.45) is 0 Å². The van der Waals surface area contributed by atoms with Gasteiger partial charge >= 0.3 is 0 Å². The van der Waals surface area contributed by atoms with Crippen LogP contribution in [0.3, 0.4) is 0 Å². The van der Waals surface area contributed by atoms with Crippen LogP contribution in [0, 0.1) is 6.92 Å². The Bertz CT molecular complexity index is 890. The molecule has 0 aromatic heterocycles. The van der Waals surface area contributed by atoms with E-state index < -0.39 is 10.0 Å². The van der Waals surface area contributed by atoms with Crippen LogP contribution in [0.25, 0.3) is 0 Å². The third-order valence-electron chi connectivity index (χ3n) is 4.71. The Balaban J connectivity index is 1.64. The average Bonchev–Trinajstić information content (AvgIpc) is 2.84. The predicted molar refractivity (Wildman–Crippen MR) is 94.5 cm³/mol. The number of benzene rings is 2. The summed E-state index contributed by atoms with van der Waals surface area (Å²) in [6.45, 7) is 4.06. The van der Waals surface area contributed by atoms with E-state index in [0.717, 1.165) is 28.9 Å². The maximum atomic E-state index is 12.9. The number of hydrogen-bond donors (Lipinski definition) is 0. The molecule has 0 unspecified atom stereocenters. The first-order valence-corrected chi connectivity index (χ1v) is 9.96. The summed E-state index contributed by atoms with van der Waals surface area (Å²) < 4.78 is 38.9. The zero-order chi connectivity index (χ0) is 17.4. The normalized spacial score (nSPS) is 17.6. The second-order valence-electron chi connectivity index (χ2n) is 6.52. The van der Waals surface area contributed by atoms with E-state index in [-0.39, 0.29) is 0 Å². The van der Waals surface area contributed by atoms with Crippen LogP contribution >= 0.6 is 0 Å². The fraction of sp³-hybridized carbons (Fsp3) is 0.368. The molecule has 0 spiro atoms. The molecule has 0 saturated carbocycles. The Morgan fingerprint density at radius 3 is 2.28 bits per heavy atom. The van der Waals surface area contributed by atoms with E-state index in [2.05, 4.69) is 0 Å². The first-order chi connectivity index (χ1) is 12.0. The van der Waals surface area contributed by atoms with Crippen LogP contribution in [-0.2, 0) is 23.0 Å². The number of rotatable bonds is 2. The third-order valence-corrected chi connectivity index (χ3v) is 6.57. The lowest BCUT2D eigenvalue weighted by molar-refractivity contribution is 0.297. The van der Waals surface area contributed by atoms with Gasteiger partial charge in [-0.25, -0.2) is 8.42 Å². The maximum absolute atomic E-state index is 12.9. The van der Waals surface area contributed by atoms with Crippen molar-refractivity contribution < 1.29 is 17.9 Å². The highest BCUT2D eigenvalue weighted by Crippen LogP contribution is 2.36. The van der Waals surface area contributed by atoms with Gasteiger partial charge in [0.2, 0.25) is 10.0 Å². The van der Waals surface area contributed by atoms with E-state index in [1.165, 1.54) is 0 Å². The molecule has 25 heavy (non-hydrogen) atoms. The molecule has 5 nitrogen and oxygen atoms in total. The number of ether oxygens (including phenoxy) is 2. The van der Waals surface area contributed by atoms with Gasteiger partial charge in [0, 0.05) is 19.5 Å². The van der Waals surface area contributed by atoms with Crippen molar-refractivity contribution >= 4 is 10.0 Å². The minimum atomic E-state index is -3.49. The Morgan fingerprint density at radius 1 is 0.960 bits per heavy atom. The van der Waals surface area contributed by atoms with Crippen molar-refractivity contribution in [1.29, 1.82) is 0 Å². The van der Waals surface area contributed by atoms with Gasteiger partial charge in [-0.05, 0) is 48.7 Å². The number of sulfonamides is 1. The van der Waals surface area contributed by atoms with Crippen LogP contribution in [0.15, 0.2) is 41.3 Å². The fourth-order valence-electron chi connectivity index (χ4n) is 3.25. The molecule has 4 rings (SSSR count). The zero-order valence-electron chi connectivity index (χ0n) is 14.2. The van der Waals surface area contributed by atoms with E-state index in [4.69, 9.17) is 9.47 Å². The highest BCUT2D eigenvalue weighted by Gasteiger charge is 2.29. The Hall–Kier alpha value is -2.05. The van der Waals surface area contributed by atoms with Crippen LogP contribution in [-0.4, -0.2) is 32.5 Å². The largest absolute Gasteiger partial charge is 0.490 e. The molecule has 0 N–H and O–H groups in total. The maximum Gasteiger partial charge on any atom is 0.243 e. The molecule has 132 valence electrons. The zero-order valence-corrected chi connectivity index (χ0v) is 15.0. The minimum absolute atomic E-state index is 0.343. The molecule has 0 amide bonds. The van der Waals surface area contributed by atoms with Crippen LogP contribution in [0.1, 0.15) is 23.1 Å². The lowest BCUT2D eigenvalue weighted by Crippen LogP contribution is -2.36. The quantitative estimate of drug-likeness (QED) is 0.827. The molecular formula is C19H21NO4S. The summed E-state index contributed by atoms with van der Waals surface area (Å²) in [6, 6.07) is 11.0. The molecule has 0 saturated heterocycles.